The van der Waals surface area contributed by atoms with Gasteiger partial charge in [0.15, 0.2) is 12.6 Å². The van der Waals surface area contributed by atoms with Crippen LogP contribution in [0.2, 0.25) is 5.02 Å². The summed E-state index contributed by atoms with van der Waals surface area (Å²) in [7, 11) is 0. The van der Waals surface area contributed by atoms with E-state index in [2.05, 4.69) is 26.0 Å². The summed E-state index contributed by atoms with van der Waals surface area (Å²) < 4.78 is 15.0. The molecule has 166 valence electrons. The molecule has 0 aromatic heterocycles. The van der Waals surface area contributed by atoms with Crippen LogP contribution < -0.4 is 10.1 Å². The summed E-state index contributed by atoms with van der Waals surface area (Å²) in [5.74, 6) is -1.79. The van der Waals surface area contributed by atoms with Crippen molar-refractivity contribution in [2.75, 3.05) is 18.7 Å². The van der Waals surface area contributed by atoms with Gasteiger partial charge in [0.1, 0.15) is 17.2 Å². The molecule has 9 nitrogen and oxygen atoms in total. The highest BCUT2D eigenvalue weighted by molar-refractivity contribution is 9.09. The van der Waals surface area contributed by atoms with E-state index in [0.717, 1.165) is 0 Å². The summed E-state index contributed by atoms with van der Waals surface area (Å²) in [6, 6.07) is 4.82. The first-order valence-corrected chi connectivity index (χ1v) is 11.5. The summed E-state index contributed by atoms with van der Waals surface area (Å²) in [6.07, 6.45) is 0. The fourth-order valence-electron chi connectivity index (χ4n) is 2.98. The molecule has 0 bridgehead atoms. The van der Waals surface area contributed by atoms with Crippen LogP contribution >= 0.6 is 39.3 Å². The van der Waals surface area contributed by atoms with Crippen LogP contribution in [0.3, 0.4) is 0 Å². The zero-order valence-electron chi connectivity index (χ0n) is 16.2. The molecule has 2 aliphatic heterocycles. The second-order valence-corrected chi connectivity index (χ2v) is 8.50. The molecule has 1 fully saturated rings. The molecule has 31 heavy (non-hydrogen) atoms. The van der Waals surface area contributed by atoms with Gasteiger partial charge in [-0.1, -0.05) is 33.6 Å². The van der Waals surface area contributed by atoms with Crippen LogP contribution in [-0.2, 0) is 28.7 Å². The Balaban J connectivity index is 1.59. The van der Waals surface area contributed by atoms with Crippen molar-refractivity contribution in [2.45, 2.75) is 24.4 Å². The van der Waals surface area contributed by atoms with Crippen LogP contribution in [0.4, 0.5) is 0 Å². The molecular formula is C19H18BrClN2O7S. The number of esters is 2. The number of rotatable bonds is 8. The number of amides is 2. The second kappa shape index (κ2) is 10.4. The molecule has 3 atom stereocenters. The van der Waals surface area contributed by atoms with Crippen molar-refractivity contribution in [2.24, 2.45) is 0 Å². The third-order valence-corrected chi connectivity index (χ3v) is 6.49. The van der Waals surface area contributed by atoms with E-state index in [4.69, 9.17) is 21.1 Å². The average Bonchev–Trinajstić information content (AvgIpc) is 2.74. The Morgan fingerprint density at radius 1 is 1.29 bits per heavy atom. The molecular weight excluding hydrogens is 516 g/mol. The van der Waals surface area contributed by atoms with E-state index in [1.165, 1.54) is 23.6 Å². The molecule has 0 spiro atoms. The lowest BCUT2D eigenvalue weighted by Crippen LogP contribution is -2.74. The zero-order valence-corrected chi connectivity index (χ0v) is 19.4. The number of halogens is 2. The highest BCUT2D eigenvalue weighted by atomic mass is 79.9. The molecule has 2 amide bonds. The maximum absolute atomic E-state index is 12.7. The fourth-order valence-corrected chi connectivity index (χ4v) is 5.07. The Morgan fingerprint density at radius 2 is 2.06 bits per heavy atom. The first-order valence-electron chi connectivity index (χ1n) is 9.02. The number of hydrogen-bond donors (Lipinski definition) is 1. The monoisotopic (exact) mass is 532 g/mol. The van der Waals surface area contributed by atoms with Crippen LogP contribution in [0.15, 0.2) is 35.2 Å². The first-order chi connectivity index (χ1) is 14.8. The fraction of sp³-hybridized carbons (Fsp3) is 0.368. The minimum atomic E-state index is -0.968. The van der Waals surface area contributed by atoms with Crippen molar-refractivity contribution in [1.82, 2.24) is 10.2 Å². The maximum atomic E-state index is 12.7. The van der Waals surface area contributed by atoms with E-state index in [1.54, 1.807) is 29.7 Å². The number of benzene rings is 1. The van der Waals surface area contributed by atoms with Gasteiger partial charge in [0.25, 0.3) is 5.91 Å². The summed E-state index contributed by atoms with van der Waals surface area (Å²) in [5.41, 5.74) is 0.622. The molecule has 3 rings (SSSR count). The minimum absolute atomic E-state index is 0.294. The summed E-state index contributed by atoms with van der Waals surface area (Å²) in [5, 5.41) is 4.72. The van der Waals surface area contributed by atoms with Crippen molar-refractivity contribution in [1.29, 1.82) is 0 Å². The lowest BCUT2D eigenvalue weighted by Gasteiger charge is -2.51. The Hall–Kier alpha value is -2.24. The van der Waals surface area contributed by atoms with Gasteiger partial charge in [-0.15, -0.1) is 11.8 Å². The summed E-state index contributed by atoms with van der Waals surface area (Å²) in [4.78, 5) is 49.7. The SMILES string of the molecule is CC(=O)OCOC(=O)C1C(CBr)=CS[C@H]2C(NC(=O)COc3cccc(Cl)c3)C(=O)N12. The molecule has 0 saturated carbocycles. The topological polar surface area (TPSA) is 111 Å². The number of β-lactam (4-membered cyclic amide) rings is 1. The standard InChI is InChI=1S/C19H18BrClN2O7S/c1-10(24)29-9-30-19(27)16-11(6-20)8-31-18-15(17(26)23(16)18)22-14(25)7-28-13-4-2-3-12(21)5-13/h2-5,8,15-16,18H,6-7,9H2,1H3,(H,22,25)/t15?,16?,18-/m0/s1. The summed E-state index contributed by atoms with van der Waals surface area (Å²) >= 11 is 10.5. The maximum Gasteiger partial charge on any atom is 0.336 e. The minimum Gasteiger partial charge on any atom is -0.484 e. The lowest BCUT2D eigenvalue weighted by atomic mass is 9.99. The molecule has 0 radical (unpaired) electrons. The smallest absolute Gasteiger partial charge is 0.336 e. The number of ether oxygens (including phenoxy) is 3. The van der Waals surface area contributed by atoms with E-state index in [0.29, 0.717) is 21.7 Å². The predicted octanol–water partition coefficient (Wildman–Crippen LogP) is 1.83. The van der Waals surface area contributed by atoms with Crippen molar-refractivity contribution in [3.63, 3.8) is 0 Å². The molecule has 1 aromatic rings. The predicted molar refractivity (Wildman–Crippen MR) is 115 cm³/mol. The van der Waals surface area contributed by atoms with Crippen LogP contribution in [-0.4, -0.2) is 64.8 Å². The molecule has 12 heteroatoms. The van der Waals surface area contributed by atoms with E-state index >= 15 is 0 Å². The number of carbonyl (C=O) groups is 4. The number of hydrogen-bond acceptors (Lipinski definition) is 8. The van der Waals surface area contributed by atoms with Crippen molar-refractivity contribution in [3.8, 4) is 5.75 Å². The average molecular weight is 534 g/mol. The largest absolute Gasteiger partial charge is 0.484 e. The third-order valence-electron chi connectivity index (χ3n) is 4.39. The van der Waals surface area contributed by atoms with Gasteiger partial charge in [-0.25, -0.2) is 4.79 Å². The quantitative estimate of drug-likeness (QED) is 0.233. The van der Waals surface area contributed by atoms with Gasteiger partial charge in [-0.2, -0.15) is 0 Å². The number of nitrogens with one attached hydrogen (secondary N) is 1. The third kappa shape index (κ3) is 5.52. The second-order valence-electron chi connectivity index (χ2n) is 6.51. The number of fused-ring (bicyclic) bond motifs is 1. The molecule has 1 N–H and O–H groups in total. The van der Waals surface area contributed by atoms with Crippen LogP contribution in [0.5, 0.6) is 5.75 Å². The van der Waals surface area contributed by atoms with Crippen LogP contribution in [0.25, 0.3) is 0 Å². The molecule has 2 heterocycles. The molecule has 0 aliphatic carbocycles. The molecule has 2 aliphatic rings. The van der Waals surface area contributed by atoms with Gasteiger partial charge < -0.3 is 24.4 Å². The van der Waals surface area contributed by atoms with E-state index in [1.807, 2.05) is 0 Å². The van der Waals surface area contributed by atoms with E-state index < -0.39 is 48.0 Å². The van der Waals surface area contributed by atoms with Gasteiger partial charge in [0.2, 0.25) is 12.7 Å². The van der Waals surface area contributed by atoms with Gasteiger partial charge in [0, 0.05) is 17.3 Å². The first kappa shape index (κ1) is 23.4. The Bertz CT molecular complexity index is 928. The number of alkyl halides is 1. The van der Waals surface area contributed by atoms with Gasteiger partial charge in [0.05, 0.1) is 0 Å². The molecule has 1 aromatic carbocycles. The Kier molecular flexibility index (Phi) is 7.84. The Morgan fingerprint density at radius 3 is 2.74 bits per heavy atom. The lowest BCUT2D eigenvalue weighted by molar-refractivity contribution is -0.174. The van der Waals surface area contributed by atoms with Crippen LogP contribution in [0.1, 0.15) is 6.92 Å². The highest BCUT2D eigenvalue weighted by Gasteiger charge is 2.56. The number of carbonyl (C=O) groups excluding carboxylic acids is 4. The zero-order chi connectivity index (χ0) is 22.5. The van der Waals surface area contributed by atoms with Gasteiger partial charge in [-0.3, -0.25) is 14.4 Å². The van der Waals surface area contributed by atoms with Crippen molar-refractivity contribution < 1.29 is 33.4 Å². The van der Waals surface area contributed by atoms with E-state index in [9.17, 15) is 19.2 Å². The van der Waals surface area contributed by atoms with E-state index in [-0.39, 0.29) is 6.61 Å². The Labute approximate surface area is 195 Å². The number of thioether (sulfide) groups is 1. The highest BCUT2D eigenvalue weighted by Crippen LogP contribution is 2.40. The van der Waals surface area contributed by atoms with Crippen LogP contribution in [0, 0.1) is 0 Å². The van der Waals surface area contributed by atoms with Gasteiger partial charge >= 0.3 is 11.9 Å². The number of nitrogens with zero attached hydrogens (tertiary/aromatic N) is 1. The van der Waals surface area contributed by atoms with Crippen molar-refractivity contribution >= 4 is 63.0 Å². The normalized spacial score (nSPS) is 21.9. The van der Waals surface area contributed by atoms with Crippen molar-refractivity contribution in [3.05, 3.63) is 40.3 Å². The molecule has 1 saturated heterocycles. The summed E-state index contributed by atoms with van der Waals surface area (Å²) in [6.45, 7) is 0.353. The van der Waals surface area contributed by atoms with Gasteiger partial charge in [-0.05, 0) is 29.2 Å². The molecule has 2 unspecified atom stereocenters.